The highest BCUT2D eigenvalue weighted by atomic mass is 19.1. The summed E-state index contributed by atoms with van der Waals surface area (Å²) in [6.45, 7) is 1.47. The highest BCUT2D eigenvalue weighted by Crippen LogP contribution is 2.18. The highest BCUT2D eigenvalue weighted by molar-refractivity contribution is 5.39. The van der Waals surface area contributed by atoms with E-state index in [1.807, 2.05) is 0 Å². The van der Waals surface area contributed by atoms with E-state index in [1.165, 1.54) is 6.07 Å². The first kappa shape index (κ1) is 13.9. The summed E-state index contributed by atoms with van der Waals surface area (Å²) in [5.74, 6) is 5.42. The van der Waals surface area contributed by atoms with Gasteiger partial charge in [0.2, 0.25) is 0 Å². The van der Waals surface area contributed by atoms with Gasteiger partial charge in [0.25, 0.3) is 0 Å². The van der Waals surface area contributed by atoms with Gasteiger partial charge < -0.3 is 15.2 Å². The van der Waals surface area contributed by atoms with Crippen molar-refractivity contribution < 1.29 is 13.9 Å². The molecule has 0 radical (unpaired) electrons. The normalized spacial score (nSPS) is 18.5. The van der Waals surface area contributed by atoms with Crippen molar-refractivity contribution in [2.24, 2.45) is 5.73 Å². The molecule has 1 aliphatic rings. The average Bonchev–Trinajstić information content (AvgIpc) is 2.45. The first-order valence-corrected chi connectivity index (χ1v) is 6.52. The molecule has 0 amide bonds. The maximum absolute atomic E-state index is 13.7. The number of ether oxygens (including phenoxy) is 2. The Hall–Kier alpha value is -1.57. The standard InChI is InChI=1S/C15H18FNO2/c16-15-10-13(7-6-12(15)4-3-8-17)19-11-14-5-1-2-9-18-14/h6-7,10,14H,1-2,5,8-9,11,17H2. The third kappa shape index (κ3) is 4.23. The minimum Gasteiger partial charge on any atom is -0.491 e. The molecule has 0 aliphatic carbocycles. The van der Waals surface area contributed by atoms with Gasteiger partial charge in [0.1, 0.15) is 18.2 Å². The van der Waals surface area contributed by atoms with Gasteiger partial charge in [0, 0.05) is 12.7 Å². The summed E-state index contributed by atoms with van der Waals surface area (Å²) in [7, 11) is 0. The molecule has 1 aliphatic heterocycles. The fraction of sp³-hybridized carbons (Fsp3) is 0.467. The lowest BCUT2D eigenvalue weighted by molar-refractivity contribution is -0.0111. The summed E-state index contributed by atoms with van der Waals surface area (Å²) >= 11 is 0. The highest BCUT2D eigenvalue weighted by Gasteiger charge is 2.14. The Bertz CT molecular complexity index is 473. The van der Waals surface area contributed by atoms with Crippen LogP contribution in [-0.2, 0) is 4.74 Å². The average molecular weight is 263 g/mol. The number of rotatable bonds is 3. The Balaban J connectivity index is 1.92. The van der Waals surface area contributed by atoms with Gasteiger partial charge in [-0.05, 0) is 31.4 Å². The third-order valence-electron chi connectivity index (χ3n) is 2.98. The lowest BCUT2D eigenvalue weighted by atomic mass is 10.1. The summed E-state index contributed by atoms with van der Waals surface area (Å²) in [6.07, 6.45) is 3.39. The summed E-state index contributed by atoms with van der Waals surface area (Å²) in [6, 6.07) is 4.67. The number of halogens is 1. The van der Waals surface area contributed by atoms with Gasteiger partial charge in [0.05, 0.1) is 18.2 Å². The van der Waals surface area contributed by atoms with Crippen molar-refractivity contribution in [2.75, 3.05) is 19.8 Å². The topological polar surface area (TPSA) is 44.5 Å². The molecule has 0 spiro atoms. The molecular formula is C15H18FNO2. The van der Waals surface area contributed by atoms with E-state index in [-0.39, 0.29) is 18.5 Å². The lowest BCUT2D eigenvalue weighted by Gasteiger charge is -2.22. The number of hydrogen-bond acceptors (Lipinski definition) is 3. The van der Waals surface area contributed by atoms with Crippen LogP contribution in [0.2, 0.25) is 0 Å². The molecule has 4 heteroatoms. The fourth-order valence-corrected chi connectivity index (χ4v) is 1.96. The molecule has 1 atom stereocenters. The smallest absolute Gasteiger partial charge is 0.142 e. The van der Waals surface area contributed by atoms with E-state index in [2.05, 4.69) is 11.8 Å². The van der Waals surface area contributed by atoms with Gasteiger partial charge >= 0.3 is 0 Å². The van der Waals surface area contributed by atoms with Crippen molar-refractivity contribution >= 4 is 0 Å². The van der Waals surface area contributed by atoms with Crippen molar-refractivity contribution in [1.82, 2.24) is 0 Å². The van der Waals surface area contributed by atoms with Crippen LogP contribution in [0.3, 0.4) is 0 Å². The van der Waals surface area contributed by atoms with Gasteiger partial charge in [-0.3, -0.25) is 0 Å². The lowest BCUT2D eigenvalue weighted by Crippen LogP contribution is -2.25. The molecule has 1 unspecified atom stereocenters. The van der Waals surface area contributed by atoms with Crippen molar-refractivity contribution in [3.63, 3.8) is 0 Å². The number of hydrogen-bond donors (Lipinski definition) is 1. The van der Waals surface area contributed by atoms with Crippen LogP contribution in [0.25, 0.3) is 0 Å². The molecule has 0 aromatic heterocycles. The second-order valence-electron chi connectivity index (χ2n) is 4.45. The zero-order chi connectivity index (χ0) is 13.5. The van der Waals surface area contributed by atoms with Crippen LogP contribution < -0.4 is 10.5 Å². The van der Waals surface area contributed by atoms with Crippen molar-refractivity contribution in [2.45, 2.75) is 25.4 Å². The van der Waals surface area contributed by atoms with E-state index in [1.54, 1.807) is 12.1 Å². The van der Waals surface area contributed by atoms with Crippen molar-refractivity contribution in [3.05, 3.63) is 29.6 Å². The minimum absolute atomic E-state index is 0.119. The first-order valence-electron chi connectivity index (χ1n) is 6.52. The van der Waals surface area contributed by atoms with E-state index >= 15 is 0 Å². The molecule has 1 heterocycles. The van der Waals surface area contributed by atoms with Crippen LogP contribution in [0.5, 0.6) is 5.75 Å². The molecule has 102 valence electrons. The first-order chi connectivity index (χ1) is 9.29. The van der Waals surface area contributed by atoms with Crippen LogP contribution in [0, 0.1) is 17.7 Å². The van der Waals surface area contributed by atoms with Crippen LogP contribution in [-0.4, -0.2) is 25.9 Å². The van der Waals surface area contributed by atoms with Gasteiger partial charge in [-0.2, -0.15) is 0 Å². The van der Waals surface area contributed by atoms with E-state index in [9.17, 15) is 4.39 Å². The Morgan fingerprint density at radius 2 is 2.32 bits per heavy atom. The zero-order valence-electron chi connectivity index (χ0n) is 10.8. The Morgan fingerprint density at radius 3 is 3.00 bits per heavy atom. The monoisotopic (exact) mass is 263 g/mol. The summed E-state index contributed by atoms with van der Waals surface area (Å²) in [4.78, 5) is 0. The molecule has 19 heavy (non-hydrogen) atoms. The molecule has 3 nitrogen and oxygen atoms in total. The van der Waals surface area contributed by atoms with Gasteiger partial charge in [-0.1, -0.05) is 11.8 Å². The van der Waals surface area contributed by atoms with Crippen LogP contribution in [0.1, 0.15) is 24.8 Å². The largest absolute Gasteiger partial charge is 0.491 e. The van der Waals surface area contributed by atoms with Gasteiger partial charge in [-0.25, -0.2) is 4.39 Å². The number of benzene rings is 1. The molecule has 1 aromatic carbocycles. The quantitative estimate of drug-likeness (QED) is 0.849. The Morgan fingerprint density at radius 1 is 1.42 bits per heavy atom. The molecule has 2 rings (SSSR count). The van der Waals surface area contributed by atoms with E-state index in [0.717, 1.165) is 25.9 Å². The maximum Gasteiger partial charge on any atom is 0.142 e. The van der Waals surface area contributed by atoms with Gasteiger partial charge in [0.15, 0.2) is 0 Å². The Kier molecular flexibility index (Phi) is 5.20. The predicted octanol–water partition coefficient (Wildman–Crippen LogP) is 2.08. The molecule has 1 saturated heterocycles. The van der Waals surface area contributed by atoms with Gasteiger partial charge in [-0.15, -0.1) is 0 Å². The van der Waals surface area contributed by atoms with E-state index < -0.39 is 0 Å². The van der Waals surface area contributed by atoms with Crippen LogP contribution >= 0.6 is 0 Å². The Labute approximate surface area is 112 Å². The summed E-state index contributed by atoms with van der Waals surface area (Å²) < 4.78 is 24.8. The van der Waals surface area contributed by atoms with E-state index in [4.69, 9.17) is 15.2 Å². The van der Waals surface area contributed by atoms with Crippen molar-refractivity contribution in [1.29, 1.82) is 0 Å². The third-order valence-corrected chi connectivity index (χ3v) is 2.98. The minimum atomic E-state index is -0.386. The molecule has 0 bridgehead atoms. The van der Waals surface area contributed by atoms with Crippen LogP contribution in [0.4, 0.5) is 4.39 Å². The number of nitrogens with two attached hydrogens (primary N) is 1. The molecule has 1 aromatic rings. The maximum atomic E-state index is 13.7. The zero-order valence-corrected chi connectivity index (χ0v) is 10.8. The molecule has 2 N–H and O–H groups in total. The second kappa shape index (κ2) is 7.13. The molecule has 1 fully saturated rings. The van der Waals surface area contributed by atoms with E-state index in [0.29, 0.717) is 17.9 Å². The SMILES string of the molecule is NCC#Cc1ccc(OCC2CCCCO2)cc1F. The molecular weight excluding hydrogens is 245 g/mol. The van der Waals surface area contributed by atoms with Crippen LogP contribution in [0.15, 0.2) is 18.2 Å². The molecule has 0 saturated carbocycles. The van der Waals surface area contributed by atoms with Crippen molar-refractivity contribution in [3.8, 4) is 17.6 Å². The summed E-state index contributed by atoms with van der Waals surface area (Å²) in [5.41, 5.74) is 5.59. The fourth-order valence-electron chi connectivity index (χ4n) is 1.96. The summed E-state index contributed by atoms with van der Waals surface area (Å²) in [5, 5.41) is 0. The second-order valence-corrected chi connectivity index (χ2v) is 4.45. The predicted molar refractivity (Wildman–Crippen MR) is 71.4 cm³/mol.